The first-order valence-electron chi connectivity index (χ1n) is 4.88. The highest BCUT2D eigenvalue weighted by Crippen LogP contribution is 2.13. The molecule has 3 heteroatoms. The summed E-state index contributed by atoms with van der Waals surface area (Å²) in [7, 11) is 0. The molecule has 0 aromatic heterocycles. The van der Waals surface area contributed by atoms with Crippen LogP contribution in [-0.2, 0) is 9.53 Å². The monoisotopic (exact) mass is 183 g/mol. The minimum absolute atomic E-state index is 0.0362. The highest BCUT2D eigenvalue weighted by Gasteiger charge is 2.20. The van der Waals surface area contributed by atoms with Crippen molar-refractivity contribution in [1.29, 1.82) is 0 Å². The lowest BCUT2D eigenvalue weighted by atomic mass is 10.1. The molecule has 0 fully saturated rings. The molecule has 1 unspecified atom stereocenters. The lowest BCUT2D eigenvalue weighted by molar-refractivity contribution is -0.119. The zero-order valence-corrected chi connectivity index (χ0v) is 8.08. The number of rotatable bonds is 5. The van der Waals surface area contributed by atoms with Crippen LogP contribution in [0.2, 0.25) is 0 Å². The van der Waals surface area contributed by atoms with E-state index in [-0.39, 0.29) is 11.8 Å². The normalized spacial score (nSPS) is 17.8. The van der Waals surface area contributed by atoms with E-state index >= 15 is 0 Å². The molecule has 0 radical (unpaired) electrons. The molecule has 0 saturated heterocycles. The van der Waals surface area contributed by atoms with Crippen molar-refractivity contribution in [2.75, 3.05) is 6.61 Å². The SMILES string of the molecule is CCCCC(N)C(=O)C1=CCCO1. The second-order valence-electron chi connectivity index (χ2n) is 3.32. The van der Waals surface area contributed by atoms with Crippen molar-refractivity contribution in [3.8, 4) is 0 Å². The molecule has 13 heavy (non-hydrogen) atoms. The maximum absolute atomic E-state index is 11.5. The molecule has 3 nitrogen and oxygen atoms in total. The zero-order chi connectivity index (χ0) is 9.68. The number of unbranched alkanes of at least 4 members (excludes halogenated alkanes) is 1. The quantitative estimate of drug-likeness (QED) is 0.700. The summed E-state index contributed by atoms with van der Waals surface area (Å²) in [6.45, 7) is 2.71. The molecule has 0 aromatic rings. The van der Waals surface area contributed by atoms with E-state index in [4.69, 9.17) is 10.5 Å². The van der Waals surface area contributed by atoms with Crippen molar-refractivity contribution in [3.05, 3.63) is 11.8 Å². The molecule has 0 amide bonds. The fourth-order valence-corrected chi connectivity index (χ4v) is 1.33. The lowest BCUT2D eigenvalue weighted by Crippen LogP contribution is -2.31. The number of ether oxygens (including phenoxy) is 1. The third-order valence-electron chi connectivity index (χ3n) is 2.15. The zero-order valence-electron chi connectivity index (χ0n) is 8.08. The van der Waals surface area contributed by atoms with Crippen LogP contribution in [0.5, 0.6) is 0 Å². The van der Waals surface area contributed by atoms with Crippen LogP contribution in [0.4, 0.5) is 0 Å². The van der Waals surface area contributed by atoms with Crippen LogP contribution >= 0.6 is 0 Å². The molecule has 0 saturated carbocycles. The number of nitrogens with two attached hydrogens (primary N) is 1. The molecule has 1 rings (SSSR count). The lowest BCUT2D eigenvalue weighted by Gasteiger charge is -2.10. The van der Waals surface area contributed by atoms with Gasteiger partial charge in [-0.05, 0) is 12.5 Å². The first-order valence-corrected chi connectivity index (χ1v) is 4.88. The molecular weight excluding hydrogens is 166 g/mol. The summed E-state index contributed by atoms with van der Waals surface area (Å²) in [5, 5.41) is 0. The Morgan fingerprint density at radius 2 is 2.54 bits per heavy atom. The van der Waals surface area contributed by atoms with Crippen LogP contribution in [0.25, 0.3) is 0 Å². The number of carbonyl (C=O) groups excluding carboxylic acids is 1. The van der Waals surface area contributed by atoms with E-state index in [1.807, 2.05) is 6.08 Å². The molecule has 0 aliphatic carbocycles. The number of carbonyl (C=O) groups is 1. The topological polar surface area (TPSA) is 52.3 Å². The molecular formula is C10H17NO2. The molecule has 2 N–H and O–H groups in total. The summed E-state index contributed by atoms with van der Waals surface area (Å²) < 4.78 is 5.15. The minimum atomic E-state index is -0.371. The Morgan fingerprint density at radius 1 is 1.77 bits per heavy atom. The van der Waals surface area contributed by atoms with Crippen LogP contribution in [0, 0.1) is 0 Å². The summed E-state index contributed by atoms with van der Waals surface area (Å²) in [6, 6.07) is -0.371. The third-order valence-corrected chi connectivity index (χ3v) is 2.15. The summed E-state index contributed by atoms with van der Waals surface area (Å²) in [5.41, 5.74) is 5.71. The standard InChI is InChI=1S/C10H17NO2/c1-2-3-5-8(11)10(12)9-6-4-7-13-9/h6,8H,2-5,7,11H2,1H3. The van der Waals surface area contributed by atoms with Gasteiger partial charge < -0.3 is 10.5 Å². The Hall–Kier alpha value is -0.830. The number of ketones is 1. The van der Waals surface area contributed by atoms with E-state index in [9.17, 15) is 4.79 Å². The van der Waals surface area contributed by atoms with Gasteiger partial charge in [-0.2, -0.15) is 0 Å². The van der Waals surface area contributed by atoms with Crippen molar-refractivity contribution in [1.82, 2.24) is 0 Å². The highest BCUT2D eigenvalue weighted by atomic mass is 16.5. The van der Waals surface area contributed by atoms with Gasteiger partial charge in [0.05, 0.1) is 12.6 Å². The average molecular weight is 183 g/mol. The molecule has 1 aliphatic heterocycles. The van der Waals surface area contributed by atoms with Crippen LogP contribution in [0.3, 0.4) is 0 Å². The fourth-order valence-electron chi connectivity index (χ4n) is 1.33. The van der Waals surface area contributed by atoms with E-state index in [1.54, 1.807) is 0 Å². The van der Waals surface area contributed by atoms with Gasteiger partial charge in [0.25, 0.3) is 0 Å². The molecule has 1 heterocycles. The van der Waals surface area contributed by atoms with E-state index in [2.05, 4.69) is 6.92 Å². The van der Waals surface area contributed by atoms with Crippen LogP contribution in [0.1, 0.15) is 32.6 Å². The Labute approximate surface area is 78.9 Å². The second-order valence-corrected chi connectivity index (χ2v) is 3.32. The van der Waals surface area contributed by atoms with Crippen molar-refractivity contribution in [2.24, 2.45) is 5.73 Å². The first-order chi connectivity index (χ1) is 6.25. The van der Waals surface area contributed by atoms with Gasteiger partial charge in [0.1, 0.15) is 0 Å². The number of hydrogen-bond donors (Lipinski definition) is 1. The summed E-state index contributed by atoms with van der Waals surface area (Å²) in [4.78, 5) is 11.5. The highest BCUT2D eigenvalue weighted by molar-refractivity contribution is 5.97. The summed E-state index contributed by atoms with van der Waals surface area (Å²) >= 11 is 0. The smallest absolute Gasteiger partial charge is 0.213 e. The van der Waals surface area contributed by atoms with Gasteiger partial charge in [0.2, 0.25) is 5.78 Å². The predicted molar refractivity (Wildman–Crippen MR) is 51.2 cm³/mol. The van der Waals surface area contributed by atoms with Gasteiger partial charge in [0.15, 0.2) is 5.76 Å². The molecule has 1 atom stereocenters. The van der Waals surface area contributed by atoms with Gasteiger partial charge >= 0.3 is 0 Å². The van der Waals surface area contributed by atoms with Gasteiger partial charge in [-0.1, -0.05) is 19.8 Å². The van der Waals surface area contributed by atoms with E-state index in [1.165, 1.54) is 0 Å². The van der Waals surface area contributed by atoms with E-state index in [0.717, 1.165) is 25.7 Å². The molecule has 0 bridgehead atoms. The van der Waals surface area contributed by atoms with Crippen molar-refractivity contribution in [3.63, 3.8) is 0 Å². The van der Waals surface area contributed by atoms with Crippen molar-refractivity contribution in [2.45, 2.75) is 38.6 Å². The fraction of sp³-hybridized carbons (Fsp3) is 0.700. The molecule has 0 spiro atoms. The Morgan fingerprint density at radius 3 is 3.08 bits per heavy atom. The molecule has 74 valence electrons. The summed E-state index contributed by atoms with van der Waals surface area (Å²) in [5.74, 6) is 0.439. The van der Waals surface area contributed by atoms with Gasteiger partial charge in [-0.25, -0.2) is 0 Å². The second kappa shape index (κ2) is 5.02. The molecule has 1 aliphatic rings. The van der Waals surface area contributed by atoms with Crippen LogP contribution in [-0.4, -0.2) is 18.4 Å². The van der Waals surface area contributed by atoms with E-state index < -0.39 is 0 Å². The molecule has 0 aromatic carbocycles. The Bertz CT molecular complexity index is 211. The van der Waals surface area contributed by atoms with Gasteiger partial charge in [-0.15, -0.1) is 0 Å². The maximum Gasteiger partial charge on any atom is 0.213 e. The van der Waals surface area contributed by atoms with Gasteiger partial charge in [-0.3, -0.25) is 4.79 Å². The van der Waals surface area contributed by atoms with Crippen molar-refractivity contribution < 1.29 is 9.53 Å². The van der Waals surface area contributed by atoms with Crippen LogP contribution < -0.4 is 5.73 Å². The number of hydrogen-bond acceptors (Lipinski definition) is 3. The largest absolute Gasteiger partial charge is 0.490 e. The van der Waals surface area contributed by atoms with Crippen LogP contribution in [0.15, 0.2) is 11.8 Å². The summed E-state index contributed by atoms with van der Waals surface area (Å²) in [6.07, 6.45) is 5.49. The Balaban J connectivity index is 2.37. The average Bonchev–Trinajstić information content (AvgIpc) is 2.65. The number of Topliss-reactive ketones (excluding diaryl/α,β-unsaturated/α-hetero) is 1. The predicted octanol–water partition coefficient (Wildman–Crippen LogP) is 1.38. The maximum atomic E-state index is 11.5. The van der Waals surface area contributed by atoms with E-state index in [0.29, 0.717) is 12.4 Å². The minimum Gasteiger partial charge on any atom is -0.490 e. The van der Waals surface area contributed by atoms with Crippen molar-refractivity contribution >= 4 is 5.78 Å². The first kappa shape index (κ1) is 10.3. The van der Waals surface area contributed by atoms with Gasteiger partial charge in [0, 0.05) is 6.42 Å². The third kappa shape index (κ3) is 2.84. The Kier molecular flexibility index (Phi) is 3.96.